The molecule has 0 aliphatic heterocycles. The molecule has 0 amide bonds. The van der Waals surface area contributed by atoms with Crippen LogP contribution in [0.3, 0.4) is 0 Å². The van der Waals surface area contributed by atoms with Gasteiger partial charge in [-0.3, -0.25) is 8.80 Å². The predicted octanol–water partition coefficient (Wildman–Crippen LogP) is 8.43. The maximum absolute atomic E-state index is 5.09. The lowest BCUT2D eigenvalue weighted by Gasteiger charge is -2.08. The van der Waals surface area contributed by atoms with Crippen LogP contribution < -0.4 is 0 Å². The smallest absolute Gasteiger partial charge is 0.220 e. The third-order valence-electron chi connectivity index (χ3n) is 7.60. The van der Waals surface area contributed by atoms with Gasteiger partial charge in [-0.1, -0.05) is 74.5 Å². The van der Waals surface area contributed by atoms with Crippen molar-refractivity contribution < 1.29 is 0 Å². The molecule has 0 aliphatic carbocycles. The van der Waals surface area contributed by atoms with Crippen LogP contribution in [0.1, 0.15) is 25.3 Å². The van der Waals surface area contributed by atoms with Crippen molar-refractivity contribution in [2.24, 2.45) is 0 Å². The number of hydrogen-bond acceptors (Lipinski definition) is 1. The van der Waals surface area contributed by atoms with Crippen molar-refractivity contribution in [1.29, 1.82) is 0 Å². The molecular weight excluding hydrogens is 426 g/mol. The van der Waals surface area contributed by atoms with E-state index in [9.17, 15) is 0 Å². The molecule has 0 radical (unpaired) electrons. The molecule has 3 nitrogen and oxygen atoms in total. The highest BCUT2D eigenvalue weighted by molar-refractivity contribution is 6.19. The number of rotatable bonds is 2. The molecular formula is C32H23N3. The summed E-state index contributed by atoms with van der Waals surface area (Å²) < 4.78 is 4.69. The van der Waals surface area contributed by atoms with Gasteiger partial charge in [0.2, 0.25) is 5.78 Å². The molecule has 8 aromatic rings. The molecule has 35 heavy (non-hydrogen) atoms. The molecule has 3 aromatic heterocycles. The quantitative estimate of drug-likeness (QED) is 0.259. The van der Waals surface area contributed by atoms with Crippen molar-refractivity contribution in [2.45, 2.75) is 19.8 Å². The summed E-state index contributed by atoms with van der Waals surface area (Å²) in [6, 6.07) is 35.5. The number of imidazole rings is 2. The molecule has 0 N–H and O–H groups in total. The highest BCUT2D eigenvalue weighted by Gasteiger charge is 2.22. The second kappa shape index (κ2) is 6.61. The van der Waals surface area contributed by atoms with Crippen LogP contribution in [0.25, 0.3) is 66.0 Å². The summed E-state index contributed by atoms with van der Waals surface area (Å²) >= 11 is 0. The summed E-state index contributed by atoms with van der Waals surface area (Å²) in [6.07, 6.45) is 0. The zero-order chi connectivity index (χ0) is 23.3. The lowest BCUT2D eigenvalue weighted by Crippen LogP contribution is -1.88. The largest absolute Gasteiger partial charge is 0.277 e. The van der Waals surface area contributed by atoms with Crippen molar-refractivity contribution in [3.05, 3.63) is 103 Å². The van der Waals surface area contributed by atoms with Crippen LogP contribution >= 0.6 is 0 Å². The second-order valence-electron chi connectivity index (χ2n) is 9.96. The molecule has 0 saturated carbocycles. The number of aromatic nitrogens is 3. The first-order valence-electron chi connectivity index (χ1n) is 12.3. The zero-order valence-corrected chi connectivity index (χ0v) is 19.7. The van der Waals surface area contributed by atoms with Crippen molar-refractivity contribution in [3.63, 3.8) is 0 Å². The van der Waals surface area contributed by atoms with E-state index >= 15 is 0 Å². The fourth-order valence-electron chi connectivity index (χ4n) is 5.82. The van der Waals surface area contributed by atoms with E-state index in [1.807, 2.05) is 0 Å². The van der Waals surface area contributed by atoms with E-state index in [1.54, 1.807) is 0 Å². The first kappa shape index (κ1) is 19.0. The summed E-state index contributed by atoms with van der Waals surface area (Å²) in [6.45, 7) is 4.49. The Balaban J connectivity index is 1.57. The SMILES string of the molecule is CC(C)c1ccc(-c2cc3c4cc5ccccc5cc4n4c3c(c2)n2c3ccccc3nc24)cc1. The number of hydrogen-bond donors (Lipinski definition) is 0. The van der Waals surface area contributed by atoms with E-state index in [2.05, 4.69) is 120 Å². The van der Waals surface area contributed by atoms with Crippen LogP contribution in [0.5, 0.6) is 0 Å². The maximum Gasteiger partial charge on any atom is 0.220 e. The number of para-hydroxylation sites is 2. The minimum absolute atomic E-state index is 0.523. The Kier molecular flexibility index (Phi) is 3.58. The fraction of sp³-hybridized carbons (Fsp3) is 0.0938. The number of benzene rings is 5. The number of fused-ring (bicyclic) bond motifs is 9. The Morgan fingerprint density at radius 2 is 1.34 bits per heavy atom. The monoisotopic (exact) mass is 449 g/mol. The van der Waals surface area contributed by atoms with Crippen LogP contribution in [0.2, 0.25) is 0 Å². The molecule has 0 unspecified atom stereocenters. The summed E-state index contributed by atoms with van der Waals surface area (Å²) in [4.78, 5) is 5.09. The Labute approximate surface area is 202 Å². The standard InChI is InChI=1S/C32H23N3/c1-19(2)20-11-13-21(14-12-20)24-16-26-25-15-22-7-3-4-8-23(22)17-29(25)35-31(26)30(18-24)34-28-10-6-5-9-27(28)33-32(34)35/h3-19H,1-2H3. The third kappa shape index (κ3) is 2.47. The number of nitrogens with zero attached hydrogens (tertiary/aromatic N) is 3. The van der Waals surface area contributed by atoms with E-state index < -0.39 is 0 Å². The Morgan fingerprint density at radius 1 is 0.600 bits per heavy atom. The lowest BCUT2D eigenvalue weighted by atomic mass is 9.97. The molecule has 0 atom stereocenters. The molecule has 0 fully saturated rings. The Bertz CT molecular complexity index is 2070. The molecule has 3 heteroatoms. The molecule has 0 bridgehead atoms. The fourth-order valence-corrected chi connectivity index (χ4v) is 5.82. The molecule has 166 valence electrons. The average molecular weight is 450 g/mol. The van der Waals surface area contributed by atoms with E-state index in [0.29, 0.717) is 5.92 Å². The van der Waals surface area contributed by atoms with Gasteiger partial charge >= 0.3 is 0 Å². The third-order valence-corrected chi connectivity index (χ3v) is 7.60. The summed E-state index contributed by atoms with van der Waals surface area (Å²) in [7, 11) is 0. The predicted molar refractivity (Wildman–Crippen MR) is 147 cm³/mol. The highest BCUT2D eigenvalue weighted by Crippen LogP contribution is 2.40. The first-order valence-corrected chi connectivity index (χ1v) is 12.3. The summed E-state index contributed by atoms with van der Waals surface area (Å²) in [5, 5.41) is 5.07. The first-order chi connectivity index (χ1) is 17.2. The van der Waals surface area contributed by atoms with Gasteiger partial charge in [-0.2, -0.15) is 0 Å². The van der Waals surface area contributed by atoms with Gasteiger partial charge in [0.1, 0.15) is 0 Å². The summed E-state index contributed by atoms with van der Waals surface area (Å²) in [5.41, 5.74) is 9.67. The maximum atomic E-state index is 5.09. The van der Waals surface area contributed by atoms with Gasteiger partial charge in [-0.25, -0.2) is 4.98 Å². The molecule has 3 heterocycles. The van der Waals surface area contributed by atoms with Crippen LogP contribution in [-0.4, -0.2) is 13.8 Å². The van der Waals surface area contributed by atoms with Gasteiger partial charge in [-0.05, 0) is 69.8 Å². The van der Waals surface area contributed by atoms with Gasteiger partial charge in [0.05, 0.1) is 27.6 Å². The van der Waals surface area contributed by atoms with E-state index in [4.69, 9.17) is 4.98 Å². The van der Waals surface area contributed by atoms with Crippen molar-refractivity contribution in [1.82, 2.24) is 13.8 Å². The Morgan fingerprint density at radius 3 is 2.14 bits per heavy atom. The van der Waals surface area contributed by atoms with E-state index in [-0.39, 0.29) is 0 Å². The zero-order valence-electron chi connectivity index (χ0n) is 19.7. The van der Waals surface area contributed by atoms with Crippen LogP contribution in [-0.2, 0) is 0 Å². The molecule has 0 aliphatic rings. The van der Waals surface area contributed by atoms with E-state index in [0.717, 1.165) is 16.8 Å². The minimum atomic E-state index is 0.523. The van der Waals surface area contributed by atoms with Gasteiger partial charge in [0.25, 0.3) is 0 Å². The van der Waals surface area contributed by atoms with Gasteiger partial charge in [0.15, 0.2) is 0 Å². The topological polar surface area (TPSA) is 21.7 Å². The molecule has 0 spiro atoms. The minimum Gasteiger partial charge on any atom is -0.277 e. The molecule has 5 aromatic carbocycles. The van der Waals surface area contributed by atoms with Gasteiger partial charge < -0.3 is 0 Å². The Hall–Kier alpha value is -4.37. The normalized spacial score (nSPS) is 12.5. The van der Waals surface area contributed by atoms with E-state index in [1.165, 1.54) is 54.8 Å². The van der Waals surface area contributed by atoms with Crippen molar-refractivity contribution in [3.8, 4) is 11.1 Å². The average Bonchev–Trinajstić information content (AvgIpc) is 3.52. The van der Waals surface area contributed by atoms with Crippen LogP contribution in [0, 0.1) is 0 Å². The summed E-state index contributed by atoms with van der Waals surface area (Å²) in [5.74, 6) is 1.50. The van der Waals surface area contributed by atoms with Crippen molar-refractivity contribution >= 4 is 54.9 Å². The van der Waals surface area contributed by atoms with Crippen molar-refractivity contribution in [2.75, 3.05) is 0 Å². The molecule has 0 saturated heterocycles. The van der Waals surface area contributed by atoms with Gasteiger partial charge in [-0.15, -0.1) is 0 Å². The lowest BCUT2D eigenvalue weighted by molar-refractivity contribution is 0.867. The molecule has 8 rings (SSSR count). The van der Waals surface area contributed by atoms with Crippen LogP contribution in [0.4, 0.5) is 0 Å². The van der Waals surface area contributed by atoms with Crippen LogP contribution in [0.15, 0.2) is 97.1 Å². The highest BCUT2D eigenvalue weighted by atomic mass is 15.2. The van der Waals surface area contributed by atoms with Gasteiger partial charge in [0, 0.05) is 10.8 Å². The second-order valence-corrected chi connectivity index (χ2v) is 9.96.